The number of piperidine rings is 3. The molecule has 0 radical (unpaired) electrons. The van der Waals surface area contributed by atoms with E-state index in [9.17, 15) is 9.59 Å². The summed E-state index contributed by atoms with van der Waals surface area (Å²) in [5, 5.41) is 7.73. The maximum Gasteiger partial charge on any atom is 0.253 e. The third kappa shape index (κ3) is 4.97. The Kier molecular flexibility index (Phi) is 7.26. The van der Waals surface area contributed by atoms with Crippen LogP contribution in [0.2, 0.25) is 0 Å². The Hall–Kier alpha value is -4.17. The molecular formula is C33H36N4O4. The van der Waals surface area contributed by atoms with Gasteiger partial charge in [-0.15, -0.1) is 6.58 Å². The number of pyridine rings is 1. The van der Waals surface area contributed by atoms with Crippen molar-refractivity contribution < 1.29 is 9.47 Å². The number of aromatic nitrogens is 1. The number of nitrogens with zero attached hydrogens (tertiary/aromatic N) is 2. The molecule has 0 spiro atoms. The number of anilines is 3. The van der Waals surface area contributed by atoms with Crippen molar-refractivity contribution in [3.63, 3.8) is 0 Å². The second-order valence-corrected chi connectivity index (χ2v) is 11.3. The minimum Gasteiger partial charge on any atom is -0.497 e. The Morgan fingerprint density at radius 1 is 1.10 bits per heavy atom. The van der Waals surface area contributed by atoms with Gasteiger partial charge in [-0.05, 0) is 87.0 Å². The van der Waals surface area contributed by atoms with Gasteiger partial charge in [0.25, 0.3) is 10.9 Å². The highest BCUT2D eigenvalue weighted by Gasteiger charge is 2.43. The molecule has 3 saturated heterocycles. The lowest BCUT2D eigenvalue weighted by atomic mass is 9.73. The standard InChI is InChI=1S/C33H36N4O4/c1-5-20-18-37-15-13-21(20)16-27(37)29(23-12-14-34-25-11-10-22(40-4)17-24(23)25)36-31-30(32(38)33(31)39)35-26-8-6-7-9-28(26)41-19(2)3/h5-12,14,17,19-21,27,29,35-36H,1,13,15-16,18H2,2-4H3/t20-,21-,27-,29-/m0/s1. The molecular weight excluding hydrogens is 516 g/mol. The average Bonchev–Trinajstić information content (AvgIpc) is 3.00. The lowest BCUT2D eigenvalue weighted by Gasteiger charge is -2.52. The van der Waals surface area contributed by atoms with Gasteiger partial charge in [-0.3, -0.25) is 19.5 Å². The van der Waals surface area contributed by atoms with Gasteiger partial charge in [-0.25, -0.2) is 0 Å². The fraction of sp³-hybridized carbons (Fsp3) is 0.364. The molecule has 7 rings (SSSR count). The van der Waals surface area contributed by atoms with Crippen molar-refractivity contribution >= 4 is 28.0 Å². The minimum absolute atomic E-state index is 0.0419. The Balaban J connectivity index is 1.41. The number of methoxy groups -OCH3 is 1. The molecule has 2 N–H and O–H groups in total. The summed E-state index contributed by atoms with van der Waals surface area (Å²) in [5.41, 5.74) is 2.01. The highest BCUT2D eigenvalue weighted by molar-refractivity contribution is 5.86. The molecule has 0 aliphatic carbocycles. The van der Waals surface area contributed by atoms with E-state index in [1.807, 2.05) is 68.6 Å². The Morgan fingerprint density at radius 3 is 2.63 bits per heavy atom. The lowest BCUT2D eigenvalue weighted by molar-refractivity contribution is 0.0105. The zero-order valence-electron chi connectivity index (χ0n) is 23.7. The third-order valence-electron chi connectivity index (χ3n) is 8.58. The lowest BCUT2D eigenvalue weighted by Crippen LogP contribution is -2.56. The van der Waals surface area contributed by atoms with Crippen LogP contribution in [-0.2, 0) is 0 Å². The van der Waals surface area contributed by atoms with Crippen LogP contribution in [-0.4, -0.2) is 42.2 Å². The maximum atomic E-state index is 13.1. The quantitative estimate of drug-likeness (QED) is 0.199. The largest absolute Gasteiger partial charge is 0.497 e. The maximum absolute atomic E-state index is 13.1. The monoisotopic (exact) mass is 552 g/mol. The van der Waals surface area contributed by atoms with Gasteiger partial charge in [-0.1, -0.05) is 18.2 Å². The molecule has 5 atom stereocenters. The molecule has 4 aromatic rings. The van der Waals surface area contributed by atoms with Gasteiger partial charge in [0.15, 0.2) is 0 Å². The van der Waals surface area contributed by atoms with Crippen molar-refractivity contribution in [1.82, 2.24) is 9.88 Å². The number of benzene rings is 2. The van der Waals surface area contributed by atoms with E-state index in [0.29, 0.717) is 29.0 Å². The molecule has 8 heteroatoms. The first kappa shape index (κ1) is 27.0. The van der Waals surface area contributed by atoms with Crippen LogP contribution in [0, 0.1) is 11.8 Å². The van der Waals surface area contributed by atoms with Crippen LogP contribution in [0.3, 0.4) is 0 Å². The third-order valence-corrected chi connectivity index (χ3v) is 8.58. The summed E-state index contributed by atoms with van der Waals surface area (Å²) in [5.74, 6) is 2.34. The van der Waals surface area contributed by atoms with Gasteiger partial charge in [-0.2, -0.15) is 0 Å². The van der Waals surface area contributed by atoms with Gasteiger partial charge in [0.1, 0.15) is 22.9 Å². The van der Waals surface area contributed by atoms with Gasteiger partial charge >= 0.3 is 0 Å². The average molecular weight is 553 g/mol. The fourth-order valence-electron chi connectivity index (χ4n) is 6.52. The summed E-state index contributed by atoms with van der Waals surface area (Å²) in [6, 6.07) is 15.2. The van der Waals surface area contributed by atoms with E-state index in [0.717, 1.165) is 48.1 Å². The van der Waals surface area contributed by atoms with Crippen LogP contribution in [0.1, 0.15) is 38.3 Å². The zero-order valence-corrected chi connectivity index (χ0v) is 23.7. The molecule has 3 aromatic carbocycles. The van der Waals surface area contributed by atoms with Crippen LogP contribution in [0.5, 0.6) is 11.5 Å². The number of fused-ring (bicyclic) bond motifs is 4. The second-order valence-electron chi connectivity index (χ2n) is 11.3. The van der Waals surface area contributed by atoms with E-state index in [4.69, 9.17) is 9.47 Å². The first-order valence-electron chi connectivity index (χ1n) is 14.3. The van der Waals surface area contributed by atoms with Crippen molar-refractivity contribution in [2.75, 3.05) is 30.8 Å². The number of nitrogens with one attached hydrogen (secondary N) is 2. The molecule has 41 heavy (non-hydrogen) atoms. The molecule has 8 nitrogen and oxygen atoms in total. The summed E-state index contributed by atoms with van der Waals surface area (Å²) in [6.45, 7) is 9.90. The zero-order chi connectivity index (χ0) is 28.7. The van der Waals surface area contributed by atoms with Crippen molar-refractivity contribution in [3.05, 3.63) is 93.4 Å². The van der Waals surface area contributed by atoms with E-state index in [-0.39, 0.29) is 23.9 Å². The van der Waals surface area contributed by atoms with E-state index in [2.05, 4.69) is 33.2 Å². The predicted octanol–water partition coefficient (Wildman–Crippen LogP) is 5.42. The predicted molar refractivity (Wildman–Crippen MR) is 163 cm³/mol. The topological polar surface area (TPSA) is 92.8 Å². The number of hydrogen-bond donors (Lipinski definition) is 2. The molecule has 3 fully saturated rings. The van der Waals surface area contributed by atoms with Crippen molar-refractivity contribution in [2.24, 2.45) is 11.8 Å². The van der Waals surface area contributed by atoms with Crippen molar-refractivity contribution in [3.8, 4) is 11.5 Å². The SMILES string of the molecule is C=C[C@H]1CN2CC[C@H]1C[C@H]2[C@@H](Nc1c(Nc2ccccc2OC(C)C)c(=O)c1=O)c1ccnc2ccc(OC)cc12. The second kappa shape index (κ2) is 11.0. The summed E-state index contributed by atoms with van der Waals surface area (Å²) in [7, 11) is 1.65. The van der Waals surface area contributed by atoms with Gasteiger partial charge < -0.3 is 20.1 Å². The summed E-state index contributed by atoms with van der Waals surface area (Å²) >= 11 is 0. The Labute approximate surface area is 239 Å². The molecule has 3 aliphatic rings. The fourth-order valence-corrected chi connectivity index (χ4v) is 6.52. The van der Waals surface area contributed by atoms with Crippen molar-refractivity contribution in [2.45, 2.75) is 44.9 Å². The molecule has 3 aliphatic heterocycles. The van der Waals surface area contributed by atoms with E-state index < -0.39 is 10.9 Å². The number of ether oxygens (including phenoxy) is 2. The van der Waals surface area contributed by atoms with Crippen LogP contribution < -0.4 is 31.0 Å². The van der Waals surface area contributed by atoms with Gasteiger partial charge in [0.2, 0.25) is 0 Å². The summed E-state index contributed by atoms with van der Waals surface area (Å²) in [6.07, 6.45) is 5.94. The van der Waals surface area contributed by atoms with E-state index in [1.165, 1.54) is 0 Å². The number of hydrogen-bond acceptors (Lipinski definition) is 8. The first-order valence-corrected chi connectivity index (χ1v) is 14.3. The summed E-state index contributed by atoms with van der Waals surface area (Å²) < 4.78 is 11.5. The normalized spacial score (nSPS) is 22.5. The molecule has 0 saturated carbocycles. The Morgan fingerprint density at radius 2 is 1.90 bits per heavy atom. The molecule has 1 aromatic heterocycles. The van der Waals surface area contributed by atoms with Crippen LogP contribution >= 0.6 is 0 Å². The van der Waals surface area contributed by atoms with Crippen molar-refractivity contribution in [1.29, 1.82) is 0 Å². The van der Waals surface area contributed by atoms with Crippen LogP contribution in [0.4, 0.5) is 17.1 Å². The summed E-state index contributed by atoms with van der Waals surface area (Å²) in [4.78, 5) is 33.1. The van der Waals surface area contributed by atoms with Gasteiger partial charge in [0, 0.05) is 24.2 Å². The number of rotatable bonds is 10. The molecule has 2 bridgehead atoms. The molecule has 0 amide bonds. The van der Waals surface area contributed by atoms with E-state index in [1.54, 1.807) is 7.11 Å². The minimum atomic E-state index is -0.538. The number of para-hydroxylation sites is 2. The molecule has 1 unspecified atom stereocenters. The van der Waals surface area contributed by atoms with Crippen LogP contribution in [0.25, 0.3) is 10.9 Å². The highest BCUT2D eigenvalue weighted by atomic mass is 16.5. The van der Waals surface area contributed by atoms with Gasteiger partial charge in [0.05, 0.1) is 30.5 Å². The van der Waals surface area contributed by atoms with E-state index >= 15 is 0 Å². The van der Waals surface area contributed by atoms with Crippen LogP contribution in [0.15, 0.2) is 77.0 Å². The highest BCUT2D eigenvalue weighted by Crippen LogP contribution is 2.44. The Bertz CT molecular complexity index is 1660. The smallest absolute Gasteiger partial charge is 0.253 e. The molecule has 212 valence electrons. The molecule has 4 heterocycles. The first-order chi connectivity index (χ1) is 19.9.